The second-order valence-electron chi connectivity index (χ2n) is 14.7. The van der Waals surface area contributed by atoms with Gasteiger partial charge in [0.25, 0.3) is 5.91 Å². The van der Waals surface area contributed by atoms with Crippen LogP contribution in [-0.4, -0.2) is 87.4 Å². The molecule has 3 fully saturated rings. The van der Waals surface area contributed by atoms with Crippen LogP contribution in [0.15, 0.2) is 0 Å². The van der Waals surface area contributed by atoms with Crippen LogP contribution in [0.5, 0.6) is 0 Å². The van der Waals surface area contributed by atoms with Crippen LogP contribution in [0, 0.1) is 47.4 Å². The van der Waals surface area contributed by atoms with E-state index in [-0.39, 0.29) is 43.1 Å². The van der Waals surface area contributed by atoms with Crippen molar-refractivity contribution >= 4 is 40.3 Å². The summed E-state index contributed by atoms with van der Waals surface area (Å²) in [7, 11) is -1.12. The van der Waals surface area contributed by atoms with Crippen LogP contribution in [-0.2, 0) is 30.0 Å². The third kappa shape index (κ3) is 8.70. The van der Waals surface area contributed by atoms with Crippen LogP contribution in [0.2, 0.25) is 0 Å². The van der Waals surface area contributed by atoms with Crippen molar-refractivity contribution in [2.75, 3.05) is 25.1 Å². The number of amides is 5. The van der Waals surface area contributed by atoms with Gasteiger partial charge in [-0.15, -0.1) is 24.7 Å². The number of hydrogen-bond donors (Lipinski definition) is 4. The first kappa shape index (κ1) is 37.1. The largest absolute Gasteiger partial charge is 0.348 e. The predicted molar refractivity (Wildman–Crippen MR) is 177 cm³/mol. The minimum absolute atomic E-state index is 0.0540. The highest BCUT2D eigenvalue weighted by Gasteiger charge is 2.70. The number of rotatable bonds is 13. The molecule has 2 unspecified atom stereocenters. The van der Waals surface area contributed by atoms with E-state index in [4.69, 9.17) is 12.8 Å². The summed E-state index contributed by atoms with van der Waals surface area (Å²) in [6.45, 7) is 10.0. The van der Waals surface area contributed by atoms with E-state index < -0.39 is 69.4 Å². The third-order valence-electron chi connectivity index (χ3n) is 9.81. The lowest BCUT2D eigenvalue weighted by atomic mass is 9.83. The molecule has 11 nitrogen and oxygen atoms in total. The third-order valence-corrected chi connectivity index (χ3v) is 10.8. The van der Waals surface area contributed by atoms with Crippen LogP contribution in [0.4, 0.5) is 4.79 Å². The van der Waals surface area contributed by atoms with E-state index in [0.29, 0.717) is 25.1 Å². The number of ketones is 1. The molecule has 0 aromatic heterocycles. The highest BCUT2D eigenvalue weighted by Crippen LogP contribution is 2.65. The first-order chi connectivity index (χ1) is 21.5. The normalized spacial score (nSPS) is 24.5. The summed E-state index contributed by atoms with van der Waals surface area (Å²) in [6, 6.07) is -3.57. The Morgan fingerprint density at radius 1 is 1.00 bits per heavy atom. The number of carbonyl (C=O) groups is 5. The molecule has 1 saturated heterocycles. The molecule has 5 amide bonds. The molecule has 6 atom stereocenters. The molecule has 46 heavy (non-hydrogen) atoms. The van der Waals surface area contributed by atoms with Gasteiger partial charge in [0.2, 0.25) is 17.6 Å². The van der Waals surface area contributed by atoms with E-state index in [1.807, 2.05) is 34.6 Å². The Morgan fingerprint density at radius 2 is 1.63 bits per heavy atom. The van der Waals surface area contributed by atoms with Gasteiger partial charge in [0.15, 0.2) is 0 Å². The lowest BCUT2D eigenvalue weighted by Crippen LogP contribution is -2.63. The summed E-state index contributed by atoms with van der Waals surface area (Å²) in [4.78, 5) is 68.8. The van der Waals surface area contributed by atoms with Crippen LogP contribution >= 0.6 is 0 Å². The Kier molecular flexibility index (Phi) is 12.1. The Balaban J connectivity index is 1.82. The molecule has 0 aromatic carbocycles. The second kappa shape index (κ2) is 15.0. The number of nitrogens with one attached hydrogen (secondary N) is 4. The maximum Gasteiger partial charge on any atom is 0.315 e. The van der Waals surface area contributed by atoms with E-state index in [1.165, 1.54) is 4.90 Å². The van der Waals surface area contributed by atoms with Crippen molar-refractivity contribution in [2.24, 2.45) is 22.7 Å². The van der Waals surface area contributed by atoms with E-state index in [9.17, 15) is 28.2 Å². The standard InChI is InChI=1S/C34H51N5O6S/c1-9-11-16-23(26(40)29(42)35-19-12-10-2)36-28(41)25-24-22(33(24,6)7)20-39(25)30(43)27(32(3,4)5)37-31(44)38-34(21-46(8)45)17-14-13-15-18-34/h1-2,22-25,27H,11-21H2,3-8H3,(H,35,42)(H,36,41)(H2,37,38,44)/t22-,23?,24-,25-,27+,46?/m0/s1. The molecule has 0 radical (unpaired) electrons. The molecular weight excluding hydrogens is 606 g/mol. The Bertz CT molecular complexity index is 1300. The SMILES string of the molecule is C#CCCNC(=O)C(=O)C(CCC#C)NC(=O)[C@@H]1[C@@H]2[C@H](CN1C(=O)[C@@H](NC(=O)NC1(CS(C)=O)CCCCC1)C(C)(C)C)C2(C)C. The number of hydrogen-bond acceptors (Lipinski definition) is 6. The first-order valence-corrected chi connectivity index (χ1v) is 17.9. The highest BCUT2D eigenvalue weighted by molar-refractivity contribution is 7.84. The zero-order chi connectivity index (χ0) is 34.4. The van der Waals surface area contributed by atoms with Crippen molar-refractivity contribution in [1.82, 2.24) is 26.2 Å². The first-order valence-electron chi connectivity index (χ1n) is 16.2. The van der Waals surface area contributed by atoms with Crippen molar-refractivity contribution in [3.05, 3.63) is 0 Å². The highest BCUT2D eigenvalue weighted by atomic mass is 32.2. The number of nitrogens with zero attached hydrogens (tertiary/aromatic N) is 1. The van der Waals surface area contributed by atoms with Crippen molar-refractivity contribution < 1.29 is 28.2 Å². The van der Waals surface area contributed by atoms with Gasteiger partial charge in [0.05, 0.1) is 11.6 Å². The molecule has 3 rings (SSSR count). The summed E-state index contributed by atoms with van der Waals surface area (Å²) < 4.78 is 12.2. The van der Waals surface area contributed by atoms with Crippen molar-refractivity contribution in [3.63, 3.8) is 0 Å². The Morgan fingerprint density at radius 3 is 2.20 bits per heavy atom. The van der Waals surface area contributed by atoms with Crippen molar-refractivity contribution in [3.8, 4) is 24.7 Å². The molecule has 2 aliphatic carbocycles. The maximum atomic E-state index is 14.3. The average molecular weight is 658 g/mol. The minimum Gasteiger partial charge on any atom is -0.348 e. The van der Waals surface area contributed by atoms with Gasteiger partial charge in [-0.1, -0.05) is 53.9 Å². The quantitative estimate of drug-likeness (QED) is 0.135. The number of Topliss-reactive ketones (excluding diaryl/α,β-unsaturated/α-hetero) is 1. The number of piperidine rings is 1. The molecule has 0 spiro atoms. The molecule has 1 heterocycles. The molecule has 254 valence electrons. The molecule has 0 bridgehead atoms. The van der Waals surface area contributed by atoms with Crippen LogP contribution in [0.3, 0.4) is 0 Å². The molecule has 4 N–H and O–H groups in total. The number of carbonyl (C=O) groups excluding carboxylic acids is 5. The molecule has 12 heteroatoms. The monoisotopic (exact) mass is 657 g/mol. The fraction of sp³-hybridized carbons (Fsp3) is 0.735. The van der Waals surface area contributed by atoms with Gasteiger partial charge in [-0.25, -0.2) is 4.79 Å². The maximum absolute atomic E-state index is 14.3. The minimum atomic E-state index is -1.18. The van der Waals surface area contributed by atoms with Gasteiger partial charge in [0.1, 0.15) is 12.1 Å². The number of urea groups is 1. The van der Waals surface area contributed by atoms with Gasteiger partial charge in [-0.05, 0) is 41.9 Å². The summed E-state index contributed by atoms with van der Waals surface area (Å²) in [6.07, 6.45) is 17.0. The van der Waals surface area contributed by atoms with E-state index in [1.54, 1.807) is 6.26 Å². The van der Waals surface area contributed by atoms with Crippen LogP contribution < -0.4 is 21.3 Å². The lowest BCUT2D eigenvalue weighted by Gasteiger charge is -2.40. The Hall–Kier alpha value is -3.38. The lowest BCUT2D eigenvalue weighted by molar-refractivity contribution is -0.145. The Labute approximate surface area is 276 Å². The van der Waals surface area contributed by atoms with Crippen LogP contribution in [0.1, 0.15) is 86.0 Å². The van der Waals surface area contributed by atoms with Gasteiger partial charge >= 0.3 is 6.03 Å². The van der Waals surface area contributed by atoms with Crippen molar-refractivity contribution in [1.29, 1.82) is 0 Å². The summed E-state index contributed by atoms with van der Waals surface area (Å²) in [5.41, 5.74) is -1.54. The summed E-state index contributed by atoms with van der Waals surface area (Å²) in [5.74, 6) is 2.42. The topological polar surface area (TPSA) is 154 Å². The zero-order valence-electron chi connectivity index (χ0n) is 28.1. The fourth-order valence-electron chi connectivity index (χ4n) is 7.21. The average Bonchev–Trinajstić information content (AvgIpc) is 3.27. The number of fused-ring (bicyclic) bond motifs is 1. The van der Waals surface area contributed by atoms with E-state index in [0.717, 1.165) is 19.3 Å². The predicted octanol–water partition coefficient (Wildman–Crippen LogP) is 1.87. The molecule has 1 aliphatic heterocycles. The summed E-state index contributed by atoms with van der Waals surface area (Å²) >= 11 is 0. The van der Waals surface area contributed by atoms with Crippen molar-refractivity contribution in [2.45, 2.75) is 110 Å². The number of likely N-dealkylation sites (tertiary alicyclic amines) is 1. The molecule has 2 saturated carbocycles. The summed E-state index contributed by atoms with van der Waals surface area (Å²) in [5, 5.41) is 11.2. The number of terminal acetylenes is 2. The molecule has 3 aliphatic rings. The van der Waals surface area contributed by atoms with Gasteiger partial charge in [-0.3, -0.25) is 23.4 Å². The van der Waals surface area contributed by atoms with Crippen LogP contribution in [0.25, 0.3) is 0 Å². The molecular formula is C34H51N5O6S. The van der Waals surface area contributed by atoms with E-state index >= 15 is 0 Å². The smallest absolute Gasteiger partial charge is 0.315 e. The molecule has 0 aromatic rings. The van der Waals surface area contributed by atoms with E-state index in [2.05, 4.69) is 33.1 Å². The fourth-order valence-corrected chi connectivity index (χ4v) is 8.34. The van der Waals surface area contributed by atoms with Gasteiger partial charge in [-0.2, -0.15) is 0 Å². The second-order valence-corrected chi connectivity index (χ2v) is 16.2. The zero-order valence-corrected chi connectivity index (χ0v) is 28.9. The van der Waals surface area contributed by atoms with Gasteiger partial charge < -0.3 is 26.2 Å². The van der Waals surface area contributed by atoms with Gasteiger partial charge in [0, 0.05) is 48.7 Å².